The molecule has 0 unspecified atom stereocenters. The maximum atomic E-state index is 12.7. The standard InChI is InChI=1S/C25H28N2O4/c1-7-27-21-13-10-18(14-20(21)26-15(2)23(27)29)24(30)31-16(3)22(28)17-8-11-19(12-9-17)25(4,5)6/h8-14,16H,7H2,1-6H3/t16-/m0/s1. The summed E-state index contributed by atoms with van der Waals surface area (Å²) in [7, 11) is 0. The monoisotopic (exact) mass is 420 g/mol. The molecule has 0 N–H and O–H groups in total. The molecule has 1 atom stereocenters. The fraction of sp³-hybridized carbons (Fsp3) is 0.360. The fourth-order valence-electron chi connectivity index (χ4n) is 3.47. The first-order valence-corrected chi connectivity index (χ1v) is 10.4. The molecule has 3 aromatic rings. The molecule has 31 heavy (non-hydrogen) atoms. The number of ether oxygens (including phenoxy) is 1. The summed E-state index contributed by atoms with van der Waals surface area (Å²) >= 11 is 0. The molecule has 2 aromatic carbocycles. The number of carbonyl (C=O) groups is 2. The third-order valence-electron chi connectivity index (χ3n) is 5.35. The first kappa shape index (κ1) is 22.4. The number of aryl methyl sites for hydroxylation is 2. The molecule has 0 radical (unpaired) electrons. The van der Waals surface area contributed by atoms with Gasteiger partial charge in [0.2, 0.25) is 5.78 Å². The Kier molecular flexibility index (Phi) is 6.11. The van der Waals surface area contributed by atoms with E-state index in [4.69, 9.17) is 4.74 Å². The summed E-state index contributed by atoms with van der Waals surface area (Å²) < 4.78 is 7.04. The molecule has 0 amide bonds. The molecule has 3 rings (SSSR count). The molecule has 6 heteroatoms. The van der Waals surface area contributed by atoms with Gasteiger partial charge in [-0.1, -0.05) is 45.0 Å². The zero-order valence-corrected chi connectivity index (χ0v) is 18.9. The number of aromatic nitrogens is 2. The van der Waals surface area contributed by atoms with E-state index in [2.05, 4.69) is 25.8 Å². The Balaban J connectivity index is 1.80. The second kappa shape index (κ2) is 8.46. The number of fused-ring (bicyclic) bond motifs is 1. The number of esters is 1. The summed E-state index contributed by atoms with van der Waals surface area (Å²) in [5, 5.41) is 0. The van der Waals surface area contributed by atoms with E-state index in [1.54, 1.807) is 48.7 Å². The summed E-state index contributed by atoms with van der Waals surface area (Å²) in [6.45, 7) is 11.9. The Hall–Kier alpha value is -3.28. The second-order valence-electron chi connectivity index (χ2n) is 8.69. The van der Waals surface area contributed by atoms with Gasteiger partial charge < -0.3 is 9.30 Å². The van der Waals surface area contributed by atoms with Crippen LogP contribution < -0.4 is 5.56 Å². The van der Waals surface area contributed by atoms with Crippen LogP contribution in [0.25, 0.3) is 11.0 Å². The number of Topliss-reactive ketones (excluding diaryl/α,β-unsaturated/α-hetero) is 1. The molecule has 0 saturated heterocycles. The van der Waals surface area contributed by atoms with E-state index < -0.39 is 12.1 Å². The first-order valence-electron chi connectivity index (χ1n) is 10.4. The van der Waals surface area contributed by atoms with Crippen LogP contribution in [0.4, 0.5) is 0 Å². The zero-order valence-electron chi connectivity index (χ0n) is 18.9. The predicted molar refractivity (Wildman–Crippen MR) is 121 cm³/mol. The van der Waals surface area contributed by atoms with E-state index in [9.17, 15) is 14.4 Å². The van der Waals surface area contributed by atoms with Gasteiger partial charge >= 0.3 is 5.97 Å². The van der Waals surface area contributed by atoms with Crippen LogP contribution in [0.15, 0.2) is 47.3 Å². The van der Waals surface area contributed by atoms with Crippen molar-refractivity contribution in [1.29, 1.82) is 0 Å². The molecular weight excluding hydrogens is 392 g/mol. The quantitative estimate of drug-likeness (QED) is 0.450. The second-order valence-corrected chi connectivity index (χ2v) is 8.69. The van der Waals surface area contributed by atoms with Gasteiger partial charge in [-0.05, 0) is 49.9 Å². The molecule has 1 aromatic heterocycles. The van der Waals surface area contributed by atoms with Crippen LogP contribution in [0.5, 0.6) is 0 Å². The van der Waals surface area contributed by atoms with Crippen molar-refractivity contribution >= 4 is 22.8 Å². The molecule has 0 bridgehead atoms. The average Bonchev–Trinajstić information content (AvgIpc) is 2.73. The summed E-state index contributed by atoms with van der Waals surface area (Å²) in [5.41, 5.74) is 3.29. The Labute approximate surface area is 181 Å². The zero-order chi connectivity index (χ0) is 22.9. The molecular formula is C25H28N2O4. The number of benzene rings is 2. The summed E-state index contributed by atoms with van der Waals surface area (Å²) in [5.74, 6) is -0.869. The number of carbonyl (C=O) groups excluding carboxylic acids is 2. The summed E-state index contributed by atoms with van der Waals surface area (Å²) in [6, 6.07) is 12.2. The lowest BCUT2D eigenvalue weighted by Gasteiger charge is -2.19. The number of hydrogen-bond donors (Lipinski definition) is 0. The number of rotatable bonds is 5. The van der Waals surface area contributed by atoms with Crippen molar-refractivity contribution in [2.24, 2.45) is 0 Å². The van der Waals surface area contributed by atoms with E-state index >= 15 is 0 Å². The van der Waals surface area contributed by atoms with E-state index in [0.29, 0.717) is 28.8 Å². The fourth-order valence-corrected chi connectivity index (χ4v) is 3.47. The number of hydrogen-bond acceptors (Lipinski definition) is 5. The molecule has 0 aliphatic heterocycles. The third kappa shape index (κ3) is 4.58. The Morgan fingerprint density at radius 2 is 1.68 bits per heavy atom. The van der Waals surface area contributed by atoms with Gasteiger partial charge in [0, 0.05) is 12.1 Å². The molecule has 1 heterocycles. The highest BCUT2D eigenvalue weighted by Crippen LogP contribution is 2.23. The molecule has 0 saturated carbocycles. The third-order valence-corrected chi connectivity index (χ3v) is 5.35. The van der Waals surface area contributed by atoms with Gasteiger partial charge in [-0.3, -0.25) is 9.59 Å². The van der Waals surface area contributed by atoms with Crippen LogP contribution in [0.3, 0.4) is 0 Å². The maximum Gasteiger partial charge on any atom is 0.338 e. The van der Waals surface area contributed by atoms with Crippen molar-refractivity contribution in [3.8, 4) is 0 Å². The minimum Gasteiger partial charge on any atom is -0.451 e. The lowest BCUT2D eigenvalue weighted by molar-refractivity contribution is 0.0319. The maximum absolute atomic E-state index is 12.7. The van der Waals surface area contributed by atoms with E-state index in [1.807, 2.05) is 19.1 Å². The van der Waals surface area contributed by atoms with Gasteiger partial charge in [0.15, 0.2) is 6.10 Å². The minimum absolute atomic E-state index is 0.00902. The van der Waals surface area contributed by atoms with Gasteiger partial charge in [0.05, 0.1) is 16.6 Å². The smallest absolute Gasteiger partial charge is 0.338 e. The van der Waals surface area contributed by atoms with Gasteiger partial charge in [0.25, 0.3) is 5.56 Å². The van der Waals surface area contributed by atoms with E-state index in [1.165, 1.54) is 0 Å². The molecule has 0 fully saturated rings. The Bertz CT molecular complexity index is 1200. The first-order chi connectivity index (χ1) is 14.5. The van der Waals surface area contributed by atoms with Crippen LogP contribution >= 0.6 is 0 Å². The van der Waals surface area contributed by atoms with Crippen molar-refractivity contribution < 1.29 is 14.3 Å². The van der Waals surface area contributed by atoms with Crippen molar-refractivity contribution in [3.05, 3.63) is 75.2 Å². The minimum atomic E-state index is -0.928. The molecule has 0 spiro atoms. The van der Waals surface area contributed by atoms with Crippen molar-refractivity contribution in [1.82, 2.24) is 9.55 Å². The SMILES string of the molecule is CCn1c(=O)c(C)nc2cc(C(=O)O[C@@H](C)C(=O)c3ccc(C(C)(C)C)cc3)ccc21. The highest BCUT2D eigenvalue weighted by atomic mass is 16.5. The van der Waals surface area contributed by atoms with Gasteiger partial charge in [-0.2, -0.15) is 0 Å². The lowest BCUT2D eigenvalue weighted by atomic mass is 9.86. The summed E-state index contributed by atoms with van der Waals surface area (Å²) in [4.78, 5) is 41.9. The van der Waals surface area contributed by atoms with Crippen LogP contribution in [0.2, 0.25) is 0 Å². The number of nitrogens with zero attached hydrogens (tertiary/aromatic N) is 2. The van der Waals surface area contributed by atoms with E-state index in [0.717, 1.165) is 5.56 Å². The predicted octanol–water partition coefficient (Wildman–Crippen LogP) is 4.45. The highest BCUT2D eigenvalue weighted by Gasteiger charge is 2.22. The van der Waals surface area contributed by atoms with Gasteiger partial charge in [-0.25, -0.2) is 9.78 Å². The van der Waals surface area contributed by atoms with E-state index in [-0.39, 0.29) is 22.3 Å². The van der Waals surface area contributed by atoms with Crippen LogP contribution in [-0.2, 0) is 16.7 Å². The molecule has 162 valence electrons. The van der Waals surface area contributed by atoms with Crippen molar-refractivity contribution in [2.75, 3.05) is 0 Å². The largest absolute Gasteiger partial charge is 0.451 e. The molecule has 0 aliphatic carbocycles. The number of ketones is 1. The van der Waals surface area contributed by atoms with Crippen molar-refractivity contribution in [2.45, 2.75) is 59.6 Å². The van der Waals surface area contributed by atoms with Crippen LogP contribution in [0.1, 0.15) is 66.6 Å². The Morgan fingerprint density at radius 3 is 2.26 bits per heavy atom. The molecule has 6 nitrogen and oxygen atoms in total. The van der Waals surface area contributed by atoms with Gasteiger partial charge in [0.1, 0.15) is 5.69 Å². The Morgan fingerprint density at radius 1 is 1.06 bits per heavy atom. The highest BCUT2D eigenvalue weighted by molar-refractivity contribution is 6.02. The normalized spacial score (nSPS) is 12.6. The molecule has 0 aliphatic rings. The van der Waals surface area contributed by atoms with Crippen molar-refractivity contribution in [3.63, 3.8) is 0 Å². The van der Waals surface area contributed by atoms with Gasteiger partial charge in [-0.15, -0.1) is 0 Å². The van der Waals surface area contributed by atoms with Crippen LogP contribution in [-0.4, -0.2) is 27.4 Å². The lowest BCUT2D eigenvalue weighted by Crippen LogP contribution is -2.25. The average molecular weight is 421 g/mol. The topological polar surface area (TPSA) is 78.3 Å². The van der Waals surface area contributed by atoms with Crippen LogP contribution in [0, 0.1) is 6.92 Å². The summed E-state index contributed by atoms with van der Waals surface area (Å²) in [6.07, 6.45) is -0.928.